The van der Waals surface area contributed by atoms with Crippen LogP contribution in [0.5, 0.6) is 0 Å². The van der Waals surface area contributed by atoms with Crippen molar-refractivity contribution in [2.75, 3.05) is 32.7 Å². The smallest absolute Gasteiger partial charge is 0.321 e. The highest BCUT2D eigenvalue weighted by Gasteiger charge is 2.47. The van der Waals surface area contributed by atoms with Crippen molar-refractivity contribution in [2.24, 2.45) is 0 Å². The number of fused-ring (bicyclic) bond motifs is 1. The van der Waals surface area contributed by atoms with E-state index in [1.54, 1.807) is 0 Å². The number of halogens is 1. The number of aliphatic carboxylic acids is 1. The number of rotatable bonds is 3. The van der Waals surface area contributed by atoms with E-state index in [2.05, 4.69) is 5.32 Å². The van der Waals surface area contributed by atoms with Gasteiger partial charge >= 0.3 is 12.0 Å². The maximum Gasteiger partial charge on any atom is 0.321 e. The zero-order valence-corrected chi connectivity index (χ0v) is 13.9. The van der Waals surface area contributed by atoms with Crippen LogP contribution in [0.1, 0.15) is 20.3 Å². The quantitative estimate of drug-likeness (QED) is 0.764. The lowest BCUT2D eigenvalue weighted by Crippen LogP contribution is -2.50. The van der Waals surface area contributed by atoms with Crippen LogP contribution >= 0.6 is 12.4 Å². The second-order valence-electron chi connectivity index (χ2n) is 6.52. The molecule has 3 fully saturated rings. The molecule has 2 amide bonds. The van der Waals surface area contributed by atoms with Crippen molar-refractivity contribution in [1.82, 2.24) is 20.0 Å². The number of hydrogen-bond acceptors (Lipinski definition) is 4. The molecule has 0 saturated carbocycles. The van der Waals surface area contributed by atoms with Gasteiger partial charge in [0.25, 0.3) is 0 Å². The van der Waals surface area contributed by atoms with Gasteiger partial charge in [-0.3, -0.25) is 9.69 Å². The van der Waals surface area contributed by atoms with Gasteiger partial charge in [0.2, 0.25) is 0 Å². The van der Waals surface area contributed by atoms with Crippen LogP contribution in [0.2, 0.25) is 0 Å². The van der Waals surface area contributed by atoms with Crippen molar-refractivity contribution >= 4 is 24.4 Å². The van der Waals surface area contributed by atoms with Crippen molar-refractivity contribution in [1.29, 1.82) is 0 Å². The predicted octanol–water partition coefficient (Wildman–Crippen LogP) is 0.0535. The molecule has 0 aromatic carbocycles. The second kappa shape index (κ2) is 6.60. The van der Waals surface area contributed by atoms with Crippen molar-refractivity contribution in [3.8, 4) is 0 Å². The Kier molecular flexibility index (Phi) is 5.19. The van der Waals surface area contributed by atoms with Gasteiger partial charge in [0.15, 0.2) is 0 Å². The molecule has 2 N–H and O–H groups in total. The van der Waals surface area contributed by atoms with Crippen LogP contribution in [0.4, 0.5) is 4.79 Å². The number of carboxylic acid groups (broad SMARTS) is 1. The Morgan fingerprint density at radius 3 is 2.55 bits per heavy atom. The number of likely N-dealkylation sites (tertiary alicyclic amines) is 1. The molecular formula is C14H25ClN4O3. The summed E-state index contributed by atoms with van der Waals surface area (Å²) in [6.07, 6.45) is 0.535. The van der Waals surface area contributed by atoms with Gasteiger partial charge in [-0.1, -0.05) is 0 Å². The number of nitrogens with one attached hydrogen (secondary N) is 1. The average Bonchev–Trinajstić information content (AvgIpc) is 3.01. The summed E-state index contributed by atoms with van der Waals surface area (Å²) in [5.41, 5.74) is 0. The van der Waals surface area contributed by atoms with Crippen molar-refractivity contribution in [3.63, 3.8) is 0 Å². The fourth-order valence-electron chi connectivity index (χ4n) is 3.83. The predicted molar refractivity (Wildman–Crippen MR) is 84.4 cm³/mol. The summed E-state index contributed by atoms with van der Waals surface area (Å²) in [5.74, 6) is -0.780. The van der Waals surface area contributed by atoms with Crippen LogP contribution in [-0.2, 0) is 4.79 Å². The summed E-state index contributed by atoms with van der Waals surface area (Å²) in [6, 6.07) is 0.0482. The number of urea groups is 1. The van der Waals surface area contributed by atoms with Gasteiger partial charge < -0.3 is 20.2 Å². The third-order valence-corrected chi connectivity index (χ3v) is 4.96. The number of amides is 2. The Morgan fingerprint density at radius 2 is 2.00 bits per heavy atom. The van der Waals surface area contributed by atoms with E-state index in [4.69, 9.17) is 0 Å². The molecule has 7 nitrogen and oxygen atoms in total. The molecule has 22 heavy (non-hydrogen) atoms. The molecule has 0 spiro atoms. The summed E-state index contributed by atoms with van der Waals surface area (Å²) < 4.78 is 0. The van der Waals surface area contributed by atoms with Crippen molar-refractivity contribution in [3.05, 3.63) is 0 Å². The van der Waals surface area contributed by atoms with Crippen molar-refractivity contribution in [2.45, 2.75) is 44.4 Å². The van der Waals surface area contributed by atoms with E-state index in [0.717, 1.165) is 26.2 Å². The highest BCUT2D eigenvalue weighted by atomic mass is 35.5. The maximum absolute atomic E-state index is 12.5. The highest BCUT2D eigenvalue weighted by Crippen LogP contribution is 2.29. The summed E-state index contributed by atoms with van der Waals surface area (Å²) in [5, 5.41) is 12.7. The first-order chi connectivity index (χ1) is 9.99. The zero-order chi connectivity index (χ0) is 15.1. The summed E-state index contributed by atoms with van der Waals surface area (Å²) in [6.45, 7) is 7.84. The molecule has 1 unspecified atom stereocenters. The third kappa shape index (κ3) is 2.89. The van der Waals surface area contributed by atoms with Crippen molar-refractivity contribution < 1.29 is 14.7 Å². The van der Waals surface area contributed by atoms with Crippen LogP contribution < -0.4 is 5.32 Å². The first-order valence-corrected chi connectivity index (χ1v) is 7.75. The molecule has 3 heterocycles. The lowest BCUT2D eigenvalue weighted by atomic mass is 10.1. The molecule has 3 atom stereocenters. The zero-order valence-electron chi connectivity index (χ0n) is 13.1. The minimum Gasteiger partial charge on any atom is -0.480 e. The Morgan fingerprint density at radius 1 is 1.27 bits per heavy atom. The van der Waals surface area contributed by atoms with Gasteiger partial charge in [0, 0.05) is 44.8 Å². The van der Waals surface area contributed by atoms with Gasteiger partial charge in [0.05, 0.1) is 6.04 Å². The SMILES string of the molecule is CC(C)N1C[C@H](N2CC3CNCCN3C2=O)C[C@@H]1C(=O)O.Cl. The number of carboxylic acids is 1. The van der Waals surface area contributed by atoms with Crippen LogP contribution in [-0.4, -0.2) is 88.7 Å². The first kappa shape index (κ1) is 17.3. The largest absolute Gasteiger partial charge is 0.480 e. The van der Waals surface area contributed by atoms with E-state index in [-0.39, 0.29) is 36.6 Å². The Hall–Kier alpha value is -1.05. The number of hydrogen-bond donors (Lipinski definition) is 2. The van der Waals surface area contributed by atoms with Gasteiger partial charge in [-0.2, -0.15) is 0 Å². The van der Waals surface area contributed by atoms with Gasteiger partial charge in [0.1, 0.15) is 6.04 Å². The minimum atomic E-state index is -0.780. The number of carbonyl (C=O) groups excluding carboxylic acids is 1. The molecular weight excluding hydrogens is 308 g/mol. The molecule has 3 rings (SSSR count). The lowest BCUT2D eigenvalue weighted by molar-refractivity contribution is -0.142. The number of nitrogens with zero attached hydrogens (tertiary/aromatic N) is 3. The van der Waals surface area contributed by atoms with E-state index in [1.807, 2.05) is 28.5 Å². The lowest BCUT2D eigenvalue weighted by Gasteiger charge is -2.28. The number of carbonyl (C=O) groups is 2. The second-order valence-corrected chi connectivity index (χ2v) is 6.52. The maximum atomic E-state index is 12.5. The summed E-state index contributed by atoms with van der Waals surface area (Å²) in [7, 11) is 0. The molecule has 0 aliphatic carbocycles. The topological polar surface area (TPSA) is 76.1 Å². The molecule has 3 aliphatic rings. The van der Waals surface area contributed by atoms with E-state index >= 15 is 0 Å². The monoisotopic (exact) mass is 332 g/mol. The molecule has 0 radical (unpaired) electrons. The van der Waals surface area contributed by atoms with Crippen LogP contribution in [0.25, 0.3) is 0 Å². The third-order valence-electron chi connectivity index (χ3n) is 4.96. The molecule has 0 bridgehead atoms. The molecule has 8 heteroatoms. The summed E-state index contributed by atoms with van der Waals surface area (Å²) in [4.78, 5) is 29.8. The van der Waals surface area contributed by atoms with Gasteiger partial charge in [-0.05, 0) is 20.3 Å². The minimum absolute atomic E-state index is 0. The van der Waals surface area contributed by atoms with E-state index < -0.39 is 12.0 Å². The first-order valence-electron chi connectivity index (χ1n) is 7.75. The highest BCUT2D eigenvalue weighted by molar-refractivity contribution is 5.85. The Bertz CT molecular complexity index is 448. The molecule has 3 aliphatic heterocycles. The van der Waals surface area contributed by atoms with E-state index in [0.29, 0.717) is 13.0 Å². The average molecular weight is 333 g/mol. The number of piperazine rings is 1. The van der Waals surface area contributed by atoms with E-state index in [1.165, 1.54) is 0 Å². The van der Waals surface area contributed by atoms with Crippen LogP contribution in [0.15, 0.2) is 0 Å². The Labute approximate surface area is 137 Å². The molecule has 0 aromatic rings. The molecule has 126 valence electrons. The molecule has 3 saturated heterocycles. The van der Waals surface area contributed by atoms with Crippen LogP contribution in [0.3, 0.4) is 0 Å². The fourth-order valence-corrected chi connectivity index (χ4v) is 3.83. The summed E-state index contributed by atoms with van der Waals surface area (Å²) >= 11 is 0. The fraction of sp³-hybridized carbons (Fsp3) is 0.857. The normalized spacial score (nSPS) is 32.3. The van der Waals surface area contributed by atoms with Crippen LogP contribution in [0, 0.1) is 0 Å². The Balaban J connectivity index is 0.00000176. The van der Waals surface area contributed by atoms with Gasteiger partial charge in [-0.25, -0.2) is 4.79 Å². The van der Waals surface area contributed by atoms with E-state index in [9.17, 15) is 14.7 Å². The van der Waals surface area contributed by atoms with Gasteiger partial charge in [-0.15, -0.1) is 12.4 Å². The standard InChI is InChI=1S/C14H24N4O3.ClH/c1-9(2)17-7-10(5-12(17)13(19)20)18-8-11-6-15-3-4-16(11)14(18)21;/h9-12,15H,3-8H2,1-2H3,(H,19,20);1H/t10-,11?,12-;/m1./s1. The molecule has 0 aromatic heterocycles.